The van der Waals surface area contributed by atoms with E-state index in [-0.39, 0.29) is 11.9 Å². The fourth-order valence-electron chi connectivity index (χ4n) is 3.19. The molecule has 22 heavy (non-hydrogen) atoms. The van der Waals surface area contributed by atoms with E-state index < -0.39 is 0 Å². The standard InChI is InChI=1S/C18H21NOS2/c1-4-16-14-8-10-22-17(14)7-9-19(16)18(20)15-11-13(21-3)6-5-12(15)2/h5-6,8,10-11,16H,4,7,9H2,1-3H3. The summed E-state index contributed by atoms with van der Waals surface area (Å²) in [7, 11) is 0. The molecule has 0 saturated heterocycles. The maximum atomic E-state index is 13.1. The molecule has 0 bridgehead atoms. The molecule has 0 spiro atoms. The fourth-order valence-corrected chi connectivity index (χ4v) is 4.56. The van der Waals surface area contributed by atoms with E-state index in [0.29, 0.717) is 0 Å². The maximum absolute atomic E-state index is 13.1. The van der Waals surface area contributed by atoms with E-state index in [1.54, 1.807) is 11.8 Å². The monoisotopic (exact) mass is 331 g/mol. The molecule has 2 nitrogen and oxygen atoms in total. The Morgan fingerprint density at radius 1 is 1.41 bits per heavy atom. The summed E-state index contributed by atoms with van der Waals surface area (Å²) in [5.41, 5.74) is 3.27. The summed E-state index contributed by atoms with van der Waals surface area (Å²) in [6.45, 7) is 5.02. The minimum atomic E-state index is 0.178. The zero-order valence-electron chi connectivity index (χ0n) is 13.3. The Morgan fingerprint density at radius 2 is 2.23 bits per heavy atom. The van der Waals surface area contributed by atoms with Gasteiger partial charge in [0, 0.05) is 21.9 Å². The van der Waals surface area contributed by atoms with Crippen LogP contribution < -0.4 is 0 Å². The van der Waals surface area contributed by atoms with Crippen molar-refractivity contribution in [3.63, 3.8) is 0 Å². The van der Waals surface area contributed by atoms with Gasteiger partial charge in [-0.25, -0.2) is 0 Å². The predicted molar refractivity (Wildman–Crippen MR) is 95.1 cm³/mol. The Balaban J connectivity index is 1.95. The van der Waals surface area contributed by atoms with Crippen LogP contribution in [0.25, 0.3) is 0 Å². The Hall–Kier alpha value is -1.26. The van der Waals surface area contributed by atoms with Gasteiger partial charge in [-0.2, -0.15) is 0 Å². The quantitative estimate of drug-likeness (QED) is 0.743. The summed E-state index contributed by atoms with van der Waals surface area (Å²) < 4.78 is 0. The highest BCUT2D eigenvalue weighted by Crippen LogP contribution is 2.36. The molecule has 2 heterocycles. The number of hydrogen-bond donors (Lipinski definition) is 0. The molecule has 0 saturated carbocycles. The Morgan fingerprint density at radius 3 is 2.95 bits per heavy atom. The van der Waals surface area contributed by atoms with Gasteiger partial charge in [-0.05, 0) is 60.7 Å². The van der Waals surface area contributed by atoms with Gasteiger partial charge >= 0.3 is 0 Å². The third-order valence-corrected chi connectivity index (χ3v) is 6.14. The van der Waals surface area contributed by atoms with Crippen molar-refractivity contribution in [1.82, 2.24) is 4.90 Å². The first-order valence-electron chi connectivity index (χ1n) is 7.67. The average Bonchev–Trinajstić information content (AvgIpc) is 3.02. The van der Waals surface area contributed by atoms with Gasteiger partial charge < -0.3 is 4.90 Å². The van der Waals surface area contributed by atoms with Crippen LogP contribution >= 0.6 is 23.1 Å². The zero-order chi connectivity index (χ0) is 15.7. The topological polar surface area (TPSA) is 20.3 Å². The smallest absolute Gasteiger partial charge is 0.254 e. The lowest BCUT2D eigenvalue weighted by Crippen LogP contribution is -2.39. The van der Waals surface area contributed by atoms with Crippen molar-refractivity contribution >= 4 is 29.0 Å². The molecule has 1 aliphatic heterocycles. The molecule has 3 rings (SSSR count). The largest absolute Gasteiger partial charge is 0.331 e. The van der Waals surface area contributed by atoms with Gasteiger partial charge in [-0.3, -0.25) is 4.79 Å². The number of thiophene rings is 1. The molecule has 4 heteroatoms. The summed E-state index contributed by atoms with van der Waals surface area (Å²) in [6.07, 6.45) is 4.00. The second-order valence-electron chi connectivity index (χ2n) is 5.65. The number of aryl methyl sites for hydroxylation is 1. The van der Waals surface area contributed by atoms with Crippen molar-refractivity contribution in [2.24, 2.45) is 0 Å². The lowest BCUT2D eigenvalue weighted by molar-refractivity contribution is 0.0656. The highest BCUT2D eigenvalue weighted by molar-refractivity contribution is 7.98. The molecule has 0 N–H and O–H groups in total. The van der Waals surface area contributed by atoms with Crippen molar-refractivity contribution in [3.8, 4) is 0 Å². The number of fused-ring (bicyclic) bond motifs is 1. The van der Waals surface area contributed by atoms with Gasteiger partial charge in [-0.1, -0.05) is 13.0 Å². The van der Waals surface area contributed by atoms with Crippen LogP contribution in [0.1, 0.15) is 45.7 Å². The van der Waals surface area contributed by atoms with Gasteiger partial charge in [0.15, 0.2) is 0 Å². The fraction of sp³-hybridized carbons (Fsp3) is 0.389. The SMILES string of the molecule is CCC1c2ccsc2CCN1C(=O)c1cc(SC)ccc1C. The Bertz CT molecular complexity index is 692. The Kier molecular flexibility index (Phi) is 4.59. The van der Waals surface area contributed by atoms with Crippen LogP contribution in [0, 0.1) is 6.92 Å². The molecule has 1 amide bonds. The van der Waals surface area contributed by atoms with Crippen LogP contribution in [0.2, 0.25) is 0 Å². The normalized spacial score (nSPS) is 17.4. The minimum Gasteiger partial charge on any atom is -0.331 e. The van der Waals surface area contributed by atoms with E-state index in [9.17, 15) is 4.79 Å². The number of thioether (sulfide) groups is 1. The van der Waals surface area contributed by atoms with Gasteiger partial charge in [0.05, 0.1) is 6.04 Å². The second-order valence-corrected chi connectivity index (χ2v) is 7.53. The number of carbonyl (C=O) groups excluding carboxylic acids is 1. The summed E-state index contributed by atoms with van der Waals surface area (Å²) in [4.78, 5) is 17.8. The van der Waals surface area contributed by atoms with Crippen LogP contribution in [0.5, 0.6) is 0 Å². The summed E-state index contributed by atoms with van der Waals surface area (Å²) >= 11 is 3.51. The molecule has 1 aromatic heterocycles. The molecule has 1 unspecified atom stereocenters. The first kappa shape index (κ1) is 15.6. The van der Waals surface area contributed by atoms with Crippen molar-refractivity contribution < 1.29 is 4.79 Å². The van der Waals surface area contributed by atoms with Gasteiger partial charge in [0.2, 0.25) is 0 Å². The van der Waals surface area contributed by atoms with Crippen LogP contribution in [-0.4, -0.2) is 23.6 Å². The molecule has 1 atom stereocenters. The highest BCUT2D eigenvalue weighted by Gasteiger charge is 2.31. The second kappa shape index (κ2) is 6.47. The molecule has 0 radical (unpaired) electrons. The lowest BCUT2D eigenvalue weighted by Gasteiger charge is -2.36. The Labute approximate surface area is 140 Å². The van der Waals surface area contributed by atoms with E-state index in [1.807, 2.05) is 30.6 Å². The van der Waals surface area contributed by atoms with Gasteiger partial charge in [-0.15, -0.1) is 23.1 Å². The minimum absolute atomic E-state index is 0.178. The summed E-state index contributed by atoms with van der Waals surface area (Å²) in [5.74, 6) is 0.178. The van der Waals surface area contributed by atoms with E-state index in [2.05, 4.69) is 35.4 Å². The summed E-state index contributed by atoms with van der Waals surface area (Å²) in [6, 6.07) is 8.60. The number of benzene rings is 1. The molecule has 1 aromatic carbocycles. The third kappa shape index (κ3) is 2.70. The number of carbonyl (C=O) groups is 1. The average molecular weight is 332 g/mol. The first-order chi connectivity index (χ1) is 10.7. The van der Waals surface area contributed by atoms with Crippen molar-refractivity contribution in [1.29, 1.82) is 0 Å². The summed E-state index contributed by atoms with van der Waals surface area (Å²) in [5, 5.41) is 2.15. The number of nitrogens with zero attached hydrogens (tertiary/aromatic N) is 1. The van der Waals surface area contributed by atoms with Crippen LogP contribution in [-0.2, 0) is 6.42 Å². The van der Waals surface area contributed by atoms with Gasteiger partial charge in [0.1, 0.15) is 0 Å². The van der Waals surface area contributed by atoms with Crippen molar-refractivity contribution in [2.45, 2.75) is 37.6 Å². The molecule has 1 aliphatic rings. The number of amides is 1. The van der Waals surface area contributed by atoms with Crippen molar-refractivity contribution in [3.05, 3.63) is 51.2 Å². The van der Waals surface area contributed by atoms with E-state index in [0.717, 1.165) is 35.4 Å². The van der Waals surface area contributed by atoms with E-state index >= 15 is 0 Å². The molecule has 116 valence electrons. The predicted octanol–water partition coefficient (Wildman–Crippen LogP) is 4.93. The van der Waals surface area contributed by atoms with Gasteiger partial charge in [0.25, 0.3) is 5.91 Å². The molecule has 0 aliphatic carbocycles. The molecular weight excluding hydrogens is 310 g/mol. The maximum Gasteiger partial charge on any atom is 0.254 e. The van der Waals surface area contributed by atoms with Crippen LogP contribution in [0.15, 0.2) is 34.5 Å². The number of hydrogen-bond acceptors (Lipinski definition) is 3. The third-order valence-electron chi connectivity index (χ3n) is 4.42. The van der Waals surface area contributed by atoms with Crippen molar-refractivity contribution in [2.75, 3.05) is 12.8 Å². The highest BCUT2D eigenvalue weighted by atomic mass is 32.2. The zero-order valence-corrected chi connectivity index (χ0v) is 14.9. The number of rotatable bonds is 3. The molecule has 2 aromatic rings. The van der Waals surface area contributed by atoms with Crippen LogP contribution in [0.4, 0.5) is 0 Å². The van der Waals surface area contributed by atoms with E-state index in [4.69, 9.17) is 0 Å². The molecular formula is C18H21NOS2. The lowest BCUT2D eigenvalue weighted by atomic mass is 9.96. The van der Waals surface area contributed by atoms with E-state index in [1.165, 1.54) is 10.4 Å². The first-order valence-corrected chi connectivity index (χ1v) is 9.78. The van der Waals surface area contributed by atoms with Crippen LogP contribution in [0.3, 0.4) is 0 Å². The molecule has 0 fully saturated rings.